The molecule has 3 aliphatic rings. The third-order valence-corrected chi connectivity index (χ3v) is 8.32. The molecule has 2 aromatic carbocycles. The van der Waals surface area contributed by atoms with Gasteiger partial charge in [0.25, 0.3) is 0 Å². The molecule has 37 heavy (non-hydrogen) atoms. The van der Waals surface area contributed by atoms with E-state index in [0.717, 1.165) is 12.0 Å². The van der Waals surface area contributed by atoms with Crippen LogP contribution < -0.4 is 10.6 Å². The zero-order valence-electron chi connectivity index (χ0n) is 20.9. The van der Waals surface area contributed by atoms with Gasteiger partial charge in [0.15, 0.2) is 0 Å². The number of rotatable bonds is 8. The van der Waals surface area contributed by atoms with Crippen molar-refractivity contribution in [3.63, 3.8) is 0 Å². The Morgan fingerprint density at radius 3 is 2.62 bits per heavy atom. The first-order valence-electron chi connectivity index (χ1n) is 12.8. The number of likely N-dealkylation sites (tertiary alicyclic amines) is 1. The predicted octanol–water partition coefficient (Wildman–Crippen LogP) is 3.22. The van der Waals surface area contributed by atoms with E-state index in [-0.39, 0.29) is 18.4 Å². The van der Waals surface area contributed by atoms with Crippen molar-refractivity contribution in [2.24, 2.45) is 11.8 Å². The van der Waals surface area contributed by atoms with Crippen LogP contribution in [-0.2, 0) is 19.1 Å². The fourth-order valence-corrected chi connectivity index (χ4v) is 6.67. The largest absolute Gasteiger partial charge is 0.394 e. The van der Waals surface area contributed by atoms with E-state index in [9.17, 15) is 19.5 Å². The van der Waals surface area contributed by atoms with Crippen LogP contribution in [0.3, 0.4) is 0 Å². The Balaban J connectivity index is 1.59. The van der Waals surface area contributed by atoms with Crippen LogP contribution in [0.15, 0.2) is 48.5 Å². The van der Waals surface area contributed by atoms with Crippen molar-refractivity contribution in [3.05, 3.63) is 64.7 Å². The molecule has 6 atom stereocenters. The highest BCUT2D eigenvalue weighted by atomic mass is 35.5. The molecule has 0 aliphatic carbocycles. The zero-order chi connectivity index (χ0) is 26.3. The Morgan fingerprint density at radius 2 is 1.95 bits per heavy atom. The maximum absolute atomic E-state index is 14.2. The van der Waals surface area contributed by atoms with Gasteiger partial charge in [0.05, 0.1) is 41.3 Å². The summed E-state index contributed by atoms with van der Waals surface area (Å²) in [7, 11) is 0. The Kier molecular flexibility index (Phi) is 7.00. The van der Waals surface area contributed by atoms with Crippen molar-refractivity contribution in [3.8, 4) is 0 Å². The smallest absolute Gasteiger partial charge is 0.250 e. The number of aliphatic hydroxyl groups excluding tert-OH is 1. The number of ether oxygens (including phenoxy) is 1. The van der Waals surface area contributed by atoms with E-state index < -0.39 is 41.5 Å². The number of halogens is 1. The molecule has 5 rings (SSSR count). The number of anilines is 1. The summed E-state index contributed by atoms with van der Waals surface area (Å²) in [6, 6.07) is 12.6. The quantitative estimate of drug-likeness (QED) is 0.490. The summed E-state index contributed by atoms with van der Waals surface area (Å²) < 4.78 is 6.46. The topological polar surface area (TPSA) is 108 Å². The van der Waals surface area contributed by atoms with Gasteiger partial charge in [-0.1, -0.05) is 61.0 Å². The van der Waals surface area contributed by atoms with Crippen LogP contribution in [0, 0.1) is 18.8 Å². The van der Waals surface area contributed by atoms with Gasteiger partial charge >= 0.3 is 0 Å². The van der Waals surface area contributed by atoms with E-state index in [2.05, 4.69) is 10.6 Å². The molecular formula is C28H32ClN3O5. The Bertz CT molecular complexity index is 1190. The molecule has 9 heteroatoms. The maximum Gasteiger partial charge on any atom is 0.250 e. The molecule has 0 radical (unpaired) electrons. The molecule has 3 amide bonds. The number of hydrogen-bond acceptors (Lipinski definition) is 5. The molecule has 1 spiro atoms. The van der Waals surface area contributed by atoms with E-state index in [1.807, 2.05) is 50.2 Å². The molecule has 3 N–H and O–H groups in total. The fraction of sp³-hybridized carbons (Fsp3) is 0.464. The van der Waals surface area contributed by atoms with E-state index in [1.54, 1.807) is 12.1 Å². The van der Waals surface area contributed by atoms with Crippen LogP contribution in [-0.4, -0.2) is 58.6 Å². The summed E-state index contributed by atoms with van der Waals surface area (Å²) in [4.78, 5) is 42.9. The van der Waals surface area contributed by atoms with Crippen LogP contribution in [0.25, 0.3) is 0 Å². The van der Waals surface area contributed by atoms with Gasteiger partial charge < -0.3 is 25.4 Å². The van der Waals surface area contributed by atoms with Crippen LogP contribution in [0.5, 0.6) is 0 Å². The van der Waals surface area contributed by atoms with Crippen molar-refractivity contribution >= 4 is 35.0 Å². The van der Waals surface area contributed by atoms with E-state index in [0.29, 0.717) is 35.7 Å². The fourth-order valence-electron chi connectivity index (χ4n) is 6.40. The third-order valence-electron chi connectivity index (χ3n) is 8.00. The maximum atomic E-state index is 14.2. The first-order valence-corrected chi connectivity index (χ1v) is 13.2. The highest BCUT2D eigenvalue weighted by Gasteiger charge is 2.75. The number of carbonyl (C=O) groups excluding carboxylic acids is 3. The van der Waals surface area contributed by atoms with Crippen molar-refractivity contribution < 1.29 is 24.2 Å². The summed E-state index contributed by atoms with van der Waals surface area (Å²) in [5.41, 5.74) is 0.771. The van der Waals surface area contributed by atoms with Gasteiger partial charge in [0.2, 0.25) is 17.7 Å². The number of benzene rings is 2. The number of amides is 3. The van der Waals surface area contributed by atoms with Crippen molar-refractivity contribution in [2.75, 3.05) is 18.5 Å². The molecular weight excluding hydrogens is 494 g/mol. The summed E-state index contributed by atoms with van der Waals surface area (Å²) in [5.74, 6) is -2.53. The lowest BCUT2D eigenvalue weighted by Gasteiger charge is -2.37. The Hall–Kier alpha value is -2.94. The average molecular weight is 526 g/mol. The number of nitrogens with zero attached hydrogens (tertiary/aromatic N) is 1. The second-order valence-corrected chi connectivity index (χ2v) is 10.5. The standard InChI is InChI=1S/C28H32ClN3O5/c1-3-14-30-25(34)21-20-12-13-28(37-20)22(21)27(36)32(19(15-33)17-9-5-4-6-10-17)24(28)26(35)31-23-16(2)8-7-11-18(23)29/h4-11,19-22,24,33H,3,12-15H2,1-2H3,(H,30,34)(H,31,35)/t19-,20+,21-,22+,24?,28?/m1/s1. The number of hydrogen-bond donors (Lipinski definition) is 3. The average Bonchev–Trinajstić information content (AvgIpc) is 3.54. The van der Waals surface area contributed by atoms with E-state index in [4.69, 9.17) is 16.3 Å². The van der Waals surface area contributed by atoms with Gasteiger partial charge in [-0.05, 0) is 43.4 Å². The second-order valence-electron chi connectivity index (χ2n) is 10.1. The molecule has 0 aromatic heterocycles. The number of aliphatic hydroxyl groups is 1. The molecule has 0 saturated carbocycles. The summed E-state index contributed by atoms with van der Waals surface area (Å²) in [5, 5.41) is 16.7. The monoisotopic (exact) mass is 525 g/mol. The molecule has 3 fully saturated rings. The number of para-hydroxylation sites is 1. The number of aryl methyl sites for hydroxylation is 1. The SMILES string of the molecule is CCCNC(=O)[C@@H]1[C@@H]2CCC3(O2)C(C(=O)Nc2c(C)cccc2Cl)N([C@H](CO)c2ccccc2)C(=O)[C@H]13. The normalized spacial score (nSPS) is 28.8. The summed E-state index contributed by atoms with van der Waals surface area (Å²) >= 11 is 6.41. The van der Waals surface area contributed by atoms with E-state index in [1.165, 1.54) is 4.90 Å². The lowest BCUT2D eigenvalue weighted by atomic mass is 9.70. The minimum absolute atomic E-state index is 0.227. The van der Waals surface area contributed by atoms with Crippen LogP contribution in [0.1, 0.15) is 43.4 Å². The van der Waals surface area contributed by atoms with Crippen molar-refractivity contribution in [2.45, 2.75) is 56.9 Å². The first-order chi connectivity index (χ1) is 17.8. The molecule has 2 bridgehead atoms. The summed E-state index contributed by atoms with van der Waals surface area (Å²) in [6.07, 6.45) is 1.37. The number of fused-ring (bicyclic) bond motifs is 1. The Morgan fingerprint density at radius 1 is 1.19 bits per heavy atom. The number of carbonyl (C=O) groups is 3. The van der Waals surface area contributed by atoms with Gasteiger partial charge in [-0.25, -0.2) is 0 Å². The first kappa shape index (κ1) is 25.7. The van der Waals surface area contributed by atoms with Gasteiger partial charge in [-0.15, -0.1) is 0 Å². The highest BCUT2D eigenvalue weighted by Crippen LogP contribution is 2.59. The molecule has 2 aromatic rings. The van der Waals surface area contributed by atoms with Gasteiger partial charge in [-0.3, -0.25) is 14.4 Å². The molecule has 196 valence electrons. The molecule has 3 saturated heterocycles. The van der Waals surface area contributed by atoms with Crippen molar-refractivity contribution in [1.29, 1.82) is 0 Å². The molecule has 2 unspecified atom stereocenters. The zero-order valence-corrected chi connectivity index (χ0v) is 21.7. The second kappa shape index (κ2) is 10.1. The minimum Gasteiger partial charge on any atom is -0.394 e. The van der Waals surface area contributed by atoms with Crippen LogP contribution >= 0.6 is 11.6 Å². The van der Waals surface area contributed by atoms with Gasteiger partial charge in [0, 0.05) is 6.54 Å². The van der Waals surface area contributed by atoms with Crippen LogP contribution in [0.2, 0.25) is 5.02 Å². The number of nitrogens with one attached hydrogen (secondary N) is 2. The summed E-state index contributed by atoms with van der Waals surface area (Å²) in [6.45, 7) is 3.92. The molecule has 8 nitrogen and oxygen atoms in total. The molecule has 3 heterocycles. The van der Waals surface area contributed by atoms with Gasteiger partial charge in [0.1, 0.15) is 11.6 Å². The predicted molar refractivity (Wildman–Crippen MR) is 139 cm³/mol. The van der Waals surface area contributed by atoms with E-state index >= 15 is 0 Å². The van der Waals surface area contributed by atoms with Gasteiger partial charge in [-0.2, -0.15) is 0 Å². The van der Waals surface area contributed by atoms with Crippen LogP contribution in [0.4, 0.5) is 5.69 Å². The third kappa shape index (κ3) is 4.11. The lowest BCUT2D eigenvalue weighted by Crippen LogP contribution is -2.54. The molecule has 3 aliphatic heterocycles. The van der Waals surface area contributed by atoms with Crippen molar-refractivity contribution in [1.82, 2.24) is 10.2 Å². The highest BCUT2D eigenvalue weighted by molar-refractivity contribution is 6.34. The lowest BCUT2D eigenvalue weighted by molar-refractivity contribution is -0.144. The minimum atomic E-state index is -1.17. The Labute approximate surface area is 221 Å².